The van der Waals surface area contributed by atoms with Gasteiger partial charge in [0.2, 0.25) is 5.91 Å². The molecule has 1 heterocycles. The molecular formula is C16H20N2O4. The van der Waals surface area contributed by atoms with E-state index in [1.165, 1.54) is 0 Å². The molecule has 6 nitrogen and oxygen atoms in total. The van der Waals surface area contributed by atoms with Crippen molar-refractivity contribution in [1.29, 1.82) is 0 Å². The second kappa shape index (κ2) is 7.59. The molecule has 2 amide bonds. The molecule has 118 valence electrons. The maximum absolute atomic E-state index is 11.9. The fourth-order valence-electron chi connectivity index (χ4n) is 2.40. The largest absolute Gasteiger partial charge is 0.481 e. The Bertz CT molecular complexity index is 554. The predicted molar refractivity (Wildman–Crippen MR) is 80.3 cm³/mol. The number of carboxylic acids is 1. The van der Waals surface area contributed by atoms with E-state index in [4.69, 9.17) is 5.11 Å². The van der Waals surface area contributed by atoms with E-state index in [1.54, 1.807) is 12.1 Å². The predicted octanol–water partition coefficient (Wildman–Crippen LogP) is 1.40. The lowest BCUT2D eigenvalue weighted by Gasteiger charge is -2.15. The zero-order valence-electron chi connectivity index (χ0n) is 12.4. The highest BCUT2D eigenvalue weighted by Crippen LogP contribution is 2.14. The van der Waals surface area contributed by atoms with Gasteiger partial charge in [-0.25, -0.2) is 0 Å². The van der Waals surface area contributed by atoms with Crippen LogP contribution in [0.1, 0.15) is 41.6 Å². The Morgan fingerprint density at radius 1 is 1.23 bits per heavy atom. The molecule has 22 heavy (non-hydrogen) atoms. The topological polar surface area (TPSA) is 86.7 Å². The molecule has 0 saturated carbocycles. The number of hydrogen-bond donors (Lipinski definition) is 2. The number of rotatable bonds is 7. The van der Waals surface area contributed by atoms with Crippen LogP contribution in [0.3, 0.4) is 0 Å². The Balaban J connectivity index is 1.81. The van der Waals surface area contributed by atoms with Gasteiger partial charge in [0.05, 0.1) is 0 Å². The van der Waals surface area contributed by atoms with Crippen molar-refractivity contribution in [2.24, 2.45) is 0 Å². The molecule has 0 unspecified atom stereocenters. The molecule has 0 atom stereocenters. The summed E-state index contributed by atoms with van der Waals surface area (Å²) in [5.74, 6) is -0.899. The zero-order chi connectivity index (χ0) is 15.9. The van der Waals surface area contributed by atoms with Crippen LogP contribution >= 0.6 is 0 Å². The van der Waals surface area contributed by atoms with Gasteiger partial charge < -0.3 is 15.3 Å². The highest BCUT2D eigenvalue weighted by atomic mass is 16.4. The van der Waals surface area contributed by atoms with E-state index in [0.29, 0.717) is 31.5 Å². The van der Waals surface area contributed by atoms with Crippen LogP contribution in [-0.4, -0.2) is 40.9 Å². The van der Waals surface area contributed by atoms with Crippen molar-refractivity contribution in [2.45, 2.75) is 32.2 Å². The minimum Gasteiger partial charge on any atom is -0.481 e. The van der Waals surface area contributed by atoms with E-state index in [9.17, 15) is 14.4 Å². The first kappa shape index (κ1) is 16.0. The third kappa shape index (κ3) is 4.58. The average molecular weight is 304 g/mol. The van der Waals surface area contributed by atoms with Gasteiger partial charge in [-0.3, -0.25) is 14.4 Å². The number of aliphatic carboxylic acids is 1. The van der Waals surface area contributed by atoms with Gasteiger partial charge in [0, 0.05) is 38.0 Å². The van der Waals surface area contributed by atoms with Crippen LogP contribution in [0.5, 0.6) is 0 Å². The number of carboxylic acid groups (broad SMARTS) is 1. The van der Waals surface area contributed by atoms with Gasteiger partial charge in [-0.05, 0) is 30.5 Å². The minimum absolute atomic E-state index is 0.0447. The van der Waals surface area contributed by atoms with Crippen LogP contribution in [0, 0.1) is 0 Å². The Hall–Kier alpha value is -2.37. The molecule has 1 aromatic rings. The van der Waals surface area contributed by atoms with Gasteiger partial charge in [-0.2, -0.15) is 0 Å². The highest BCUT2D eigenvalue weighted by molar-refractivity contribution is 5.94. The summed E-state index contributed by atoms with van der Waals surface area (Å²) in [7, 11) is 0. The van der Waals surface area contributed by atoms with Gasteiger partial charge in [0.1, 0.15) is 0 Å². The molecule has 1 aromatic carbocycles. The molecule has 1 aliphatic heterocycles. The van der Waals surface area contributed by atoms with Gasteiger partial charge >= 0.3 is 5.97 Å². The van der Waals surface area contributed by atoms with Gasteiger partial charge in [-0.15, -0.1) is 0 Å². The summed E-state index contributed by atoms with van der Waals surface area (Å²) in [5.41, 5.74) is 1.53. The minimum atomic E-state index is -0.866. The lowest BCUT2D eigenvalue weighted by molar-refractivity contribution is -0.137. The molecule has 1 fully saturated rings. The highest BCUT2D eigenvalue weighted by Gasteiger charge is 2.19. The summed E-state index contributed by atoms with van der Waals surface area (Å²) in [6.07, 6.45) is 1.99. The summed E-state index contributed by atoms with van der Waals surface area (Å²) in [6, 6.07) is 7.14. The molecule has 1 saturated heterocycles. The van der Waals surface area contributed by atoms with E-state index >= 15 is 0 Å². The molecule has 2 rings (SSSR count). The van der Waals surface area contributed by atoms with Crippen LogP contribution < -0.4 is 5.32 Å². The van der Waals surface area contributed by atoms with Crippen molar-refractivity contribution < 1.29 is 19.5 Å². The van der Waals surface area contributed by atoms with Crippen LogP contribution in [0.4, 0.5) is 0 Å². The molecule has 6 heteroatoms. The number of amides is 2. The third-order valence-corrected chi connectivity index (χ3v) is 3.61. The second-order valence-corrected chi connectivity index (χ2v) is 5.37. The summed E-state index contributed by atoms with van der Waals surface area (Å²) in [6.45, 7) is 1.72. The van der Waals surface area contributed by atoms with E-state index in [1.807, 2.05) is 17.0 Å². The summed E-state index contributed by atoms with van der Waals surface area (Å²) in [5, 5.41) is 11.2. The number of carbonyl (C=O) groups is 3. The first-order valence-corrected chi connectivity index (χ1v) is 7.43. The Morgan fingerprint density at radius 2 is 1.95 bits per heavy atom. The van der Waals surface area contributed by atoms with Gasteiger partial charge in [0.25, 0.3) is 5.91 Å². The summed E-state index contributed by atoms with van der Waals surface area (Å²) in [4.78, 5) is 35.6. The lowest BCUT2D eigenvalue weighted by atomic mass is 10.1. The van der Waals surface area contributed by atoms with Crippen molar-refractivity contribution in [3.63, 3.8) is 0 Å². The van der Waals surface area contributed by atoms with E-state index < -0.39 is 5.97 Å². The maximum Gasteiger partial charge on any atom is 0.303 e. The number of likely N-dealkylation sites (tertiary alicyclic amines) is 1. The van der Waals surface area contributed by atoms with Gasteiger partial charge in [-0.1, -0.05) is 12.1 Å². The smallest absolute Gasteiger partial charge is 0.303 e. The first-order chi connectivity index (χ1) is 10.6. The Kier molecular flexibility index (Phi) is 5.52. The number of carbonyl (C=O) groups excluding carboxylic acids is 2. The molecule has 0 aromatic heterocycles. The van der Waals surface area contributed by atoms with E-state index in [0.717, 1.165) is 18.5 Å². The van der Waals surface area contributed by atoms with Crippen LogP contribution in [0.15, 0.2) is 24.3 Å². The number of nitrogens with one attached hydrogen (secondary N) is 1. The van der Waals surface area contributed by atoms with Crippen LogP contribution in [0.25, 0.3) is 0 Å². The Labute approximate surface area is 129 Å². The molecule has 1 aliphatic rings. The van der Waals surface area contributed by atoms with Crippen LogP contribution in [0.2, 0.25) is 0 Å². The number of hydrogen-bond acceptors (Lipinski definition) is 3. The van der Waals surface area contributed by atoms with Crippen molar-refractivity contribution >= 4 is 17.8 Å². The van der Waals surface area contributed by atoms with Crippen molar-refractivity contribution in [1.82, 2.24) is 10.2 Å². The average Bonchev–Trinajstić information content (AvgIpc) is 2.89. The summed E-state index contributed by atoms with van der Waals surface area (Å²) < 4.78 is 0. The first-order valence-electron chi connectivity index (χ1n) is 7.43. The standard InChI is InChI=1S/C16H20N2O4/c19-14-3-2-10-18(14)11-12-5-7-13(8-6-12)16(22)17-9-1-4-15(20)21/h5-8H,1-4,9-11H2,(H,17,22)(H,20,21). The molecule has 0 radical (unpaired) electrons. The van der Waals surface area contributed by atoms with E-state index in [2.05, 4.69) is 5.32 Å². The SMILES string of the molecule is O=C(O)CCCNC(=O)c1ccc(CN2CCCC2=O)cc1. The summed E-state index contributed by atoms with van der Waals surface area (Å²) >= 11 is 0. The van der Waals surface area contributed by atoms with E-state index in [-0.39, 0.29) is 18.2 Å². The molecule has 0 aliphatic carbocycles. The maximum atomic E-state index is 11.9. The number of benzene rings is 1. The van der Waals surface area contributed by atoms with Crippen molar-refractivity contribution in [3.8, 4) is 0 Å². The quantitative estimate of drug-likeness (QED) is 0.746. The number of nitrogens with zero attached hydrogens (tertiary/aromatic N) is 1. The molecule has 0 spiro atoms. The van der Waals surface area contributed by atoms with Crippen molar-refractivity contribution in [3.05, 3.63) is 35.4 Å². The van der Waals surface area contributed by atoms with Crippen molar-refractivity contribution in [2.75, 3.05) is 13.1 Å². The fraction of sp³-hybridized carbons (Fsp3) is 0.438. The molecule has 2 N–H and O–H groups in total. The monoisotopic (exact) mass is 304 g/mol. The molecular weight excluding hydrogens is 284 g/mol. The fourth-order valence-corrected chi connectivity index (χ4v) is 2.40. The zero-order valence-corrected chi connectivity index (χ0v) is 12.4. The normalized spacial score (nSPS) is 14.2. The second-order valence-electron chi connectivity index (χ2n) is 5.37. The Morgan fingerprint density at radius 3 is 2.55 bits per heavy atom. The lowest BCUT2D eigenvalue weighted by Crippen LogP contribution is -2.25. The molecule has 0 bridgehead atoms. The third-order valence-electron chi connectivity index (χ3n) is 3.61. The van der Waals surface area contributed by atoms with Crippen LogP contribution in [-0.2, 0) is 16.1 Å². The van der Waals surface area contributed by atoms with Gasteiger partial charge in [0.15, 0.2) is 0 Å².